The van der Waals surface area contributed by atoms with Crippen LogP contribution in [0.2, 0.25) is 0 Å². The first-order valence-corrected chi connectivity index (χ1v) is 11.0. The summed E-state index contributed by atoms with van der Waals surface area (Å²) in [5, 5.41) is 2.05. The molecule has 2 heterocycles. The van der Waals surface area contributed by atoms with Gasteiger partial charge in [-0.15, -0.1) is 0 Å². The van der Waals surface area contributed by atoms with Crippen LogP contribution in [-0.2, 0) is 35.0 Å². The Balaban J connectivity index is 1.43. The number of rotatable bonds is 3. The van der Waals surface area contributed by atoms with Gasteiger partial charge in [0.05, 0.1) is 12.3 Å². The van der Waals surface area contributed by atoms with Crippen LogP contribution in [-0.4, -0.2) is 36.2 Å². The minimum atomic E-state index is -0.732. The maximum absolute atomic E-state index is 13.1. The lowest BCUT2D eigenvalue weighted by atomic mass is 9.85. The molecule has 3 aliphatic rings. The zero-order chi connectivity index (χ0) is 23.1. The molecule has 2 bridgehead atoms. The molecule has 0 radical (unpaired) electrons. The van der Waals surface area contributed by atoms with Crippen molar-refractivity contribution in [1.82, 2.24) is 0 Å². The number of carbonyl (C=O) groups excluding carboxylic acids is 3. The Kier molecular flexibility index (Phi) is 5.36. The minimum Gasteiger partial charge on any atom is -0.458 e. The maximum atomic E-state index is 13.1. The Hall–Kier alpha value is -3.67. The van der Waals surface area contributed by atoms with Gasteiger partial charge >= 0.3 is 17.9 Å². The number of carbonyl (C=O) groups is 3. The smallest absolute Gasteiger partial charge is 0.334 e. The fourth-order valence-corrected chi connectivity index (χ4v) is 4.91. The van der Waals surface area contributed by atoms with Crippen LogP contribution >= 0.6 is 0 Å². The van der Waals surface area contributed by atoms with Crippen LogP contribution in [0.25, 0.3) is 10.8 Å². The highest BCUT2D eigenvalue weighted by atomic mass is 16.6. The SMILES string of the molecule is C=C1C(=O)OC2CC3=C[C@@H](C/C(C)=C/C(OC(=O)Cc4cccc5ccccc45)[C@H]12)OC3=O. The molecule has 0 aromatic heterocycles. The molecule has 1 saturated heterocycles. The molecule has 5 rings (SSSR count). The molecular formula is C27H24O6. The van der Waals surface area contributed by atoms with Gasteiger partial charge in [0.25, 0.3) is 0 Å². The van der Waals surface area contributed by atoms with E-state index in [9.17, 15) is 14.4 Å². The van der Waals surface area contributed by atoms with Gasteiger partial charge in [-0.3, -0.25) is 4.79 Å². The van der Waals surface area contributed by atoms with Gasteiger partial charge < -0.3 is 14.2 Å². The largest absolute Gasteiger partial charge is 0.458 e. The lowest BCUT2D eigenvalue weighted by Gasteiger charge is -2.26. The third kappa shape index (κ3) is 4.09. The van der Waals surface area contributed by atoms with Crippen molar-refractivity contribution >= 4 is 28.7 Å². The normalized spacial score (nSPS) is 28.3. The van der Waals surface area contributed by atoms with Gasteiger partial charge in [0.1, 0.15) is 18.3 Å². The molecule has 6 nitrogen and oxygen atoms in total. The summed E-state index contributed by atoms with van der Waals surface area (Å²) >= 11 is 0. The van der Waals surface area contributed by atoms with Crippen molar-refractivity contribution in [2.45, 2.75) is 44.5 Å². The maximum Gasteiger partial charge on any atom is 0.334 e. The molecule has 1 aliphatic carbocycles. The molecule has 33 heavy (non-hydrogen) atoms. The van der Waals surface area contributed by atoms with E-state index in [0.29, 0.717) is 12.0 Å². The second-order valence-corrected chi connectivity index (χ2v) is 8.82. The molecule has 4 atom stereocenters. The number of esters is 3. The summed E-state index contributed by atoms with van der Waals surface area (Å²) in [6.07, 6.45) is 2.66. The van der Waals surface area contributed by atoms with Gasteiger partial charge in [-0.1, -0.05) is 54.6 Å². The molecule has 6 heteroatoms. The average molecular weight is 444 g/mol. The van der Waals surface area contributed by atoms with Crippen LogP contribution < -0.4 is 0 Å². The van der Waals surface area contributed by atoms with Crippen LogP contribution in [0.15, 0.2) is 77.9 Å². The zero-order valence-electron chi connectivity index (χ0n) is 18.3. The third-order valence-corrected chi connectivity index (χ3v) is 6.46. The van der Waals surface area contributed by atoms with Crippen molar-refractivity contribution < 1.29 is 28.6 Å². The first kappa shape index (κ1) is 21.2. The van der Waals surface area contributed by atoms with Gasteiger partial charge in [0.2, 0.25) is 0 Å². The molecule has 2 aliphatic heterocycles. The Bertz CT molecular complexity index is 1230. The highest BCUT2D eigenvalue weighted by Crippen LogP contribution is 2.38. The van der Waals surface area contributed by atoms with Gasteiger partial charge in [0.15, 0.2) is 0 Å². The van der Waals surface area contributed by atoms with E-state index in [1.54, 1.807) is 6.08 Å². The summed E-state index contributed by atoms with van der Waals surface area (Å²) in [5.41, 5.74) is 2.49. The van der Waals surface area contributed by atoms with Crippen molar-refractivity contribution in [3.63, 3.8) is 0 Å². The summed E-state index contributed by atoms with van der Waals surface area (Å²) in [6.45, 7) is 5.79. The number of benzene rings is 2. The minimum absolute atomic E-state index is 0.0960. The zero-order valence-corrected chi connectivity index (χ0v) is 18.3. The van der Waals surface area contributed by atoms with E-state index >= 15 is 0 Å². The first-order chi connectivity index (χ1) is 15.9. The molecule has 2 aromatic carbocycles. The van der Waals surface area contributed by atoms with E-state index in [-0.39, 0.29) is 24.5 Å². The van der Waals surface area contributed by atoms with Crippen molar-refractivity contribution in [3.05, 3.63) is 83.5 Å². The molecule has 2 aromatic rings. The summed E-state index contributed by atoms with van der Waals surface area (Å²) in [6, 6.07) is 13.7. The monoisotopic (exact) mass is 444 g/mol. The molecule has 0 amide bonds. The molecule has 0 saturated carbocycles. The molecular weight excluding hydrogens is 420 g/mol. The predicted octanol–water partition coefficient (Wildman–Crippen LogP) is 3.98. The summed E-state index contributed by atoms with van der Waals surface area (Å²) < 4.78 is 16.9. The fraction of sp³-hybridized carbons (Fsp3) is 0.296. The summed E-state index contributed by atoms with van der Waals surface area (Å²) in [7, 11) is 0. The van der Waals surface area contributed by atoms with E-state index in [4.69, 9.17) is 14.2 Å². The molecule has 168 valence electrons. The molecule has 1 fully saturated rings. The van der Waals surface area contributed by atoms with Crippen molar-refractivity contribution in [2.75, 3.05) is 0 Å². The van der Waals surface area contributed by atoms with Crippen LogP contribution in [0, 0.1) is 5.92 Å². The standard InChI is InChI=1S/C27H24O6/c1-15-10-20-12-19(27(30)31-20)13-23-25(16(2)26(29)33-23)22(11-15)32-24(28)14-18-8-5-7-17-6-3-4-9-21(17)18/h3-9,11-12,20,22-23,25H,2,10,13-14H2,1H3/b15-11+/t20-,22?,23?,25+/m1/s1. The lowest BCUT2D eigenvalue weighted by molar-refractivity contribution is -0.149. The van der Waals surface area contributed by atoms with E-state index in [1.807, 2.05) is 55.5 Å². The van der Waals surface area contributed by atoms with E-state index < -0.39 is 36.0 Å². The number of hydrogen-bond donors (Lipinski definition) is 0. The van der Waals surface area contributed by atoms with E-state index in [2.05, 4.69) is 6.58 Å². The second kappa shape index (κ2) is 8.35. The number of ether oxygens (including phenoxy) is 3. The third-order valence-electron chi connectivity index (χ3n) is 6.46. The highest BCUT2D eigenvalue weighted by Gasteiger charge is 2.46. The molecule has 0 spiro atoms. The van der Waals surface area contributed by atoms with Crippen LogP contribution in [0.5, 0.6) is 0 Å². The quantitative estimate of drug-likeness (QED) is 0.308. The van der Waals surface area contributed by atoms with E-state index in [0.717, 1.165) is 21.9 Å². The van der Waals surface area contributed by atoms with Crippen molar-refractivity contribution in [2.24, 2.45) is 5.92 Å². The average Bonchev–Trinajstić information content (AvgIpc) is 3.25. The van der Waals surface area contributed by atoms with Crippen LogP contribution in [0.3, 0.4) is 0 Å². The van der Waals surface area contributed by atoms with Crippen LogP contribution in [0.4, 0.5) is 0 Å². The summed E-state index contributed by atoms with van der Waals surface area (Å²) in [5.74, 6) is -1.91. The first-order valence-electron chi connectivity index (χ1n) is 11.0. The van der Waals surface area contributed by atoms with Crippen molar-refractivity contribution in [3.8, 4) is 0 Å². The van der Waals surface area contributed by atoms with Gasteiger partial charge in [-0.25, -0.2) is 9.59 Å². The van der Waals surface area contributed by atoms with Crippen molar-refractivity contribution in [1.29, 1.82) is 0 Å². The highest BCUT2D eigenvalue weighted by molar-refractivity contribution is 5.93. The molecule has 2 unspecified atom stereocenters. The van der Waals surface area contributed by atoms with Gasteiger partial charge in [0, 0.05) is 24.0 Å². The lowest BCUT2D eigenvalue weighted by Crippen LogP contribution is -2.33. The van der Waals surface area contributed by atoms with Gasteiger partial charge in [-0.05, 0) is 35.4 Å². The Morgan fingerprint density at radius 2 is 1.82 bits per heavy atom. The van der Waals surface area contributed by atoms with E-state index in [1.165, 1.54) is 0 Å². The summed E-state index contributed by atoms with van der Waals surface area (Å²) in [4.78, 5) is 37.7. The number of fused-ring (bicyclic) bond motifs is 3. The second-order valence-electron chi connectivity index (χ2n) is 8.82. The Morgan fingerprint density at radius 3 is 2.67 bits per heavy atom. The van der Waals surface area contributed by atoms with Crippen LogP contribution in [0.1, 0.15) is 25.3 Å². The van der Waals surface area contributed by atoms with Gasteiger partial charge in [-0.2, -0.15) is 0 Å². The number of hydrogen-bond acceptors (Lipinski definition) is 6. The Morgan fingerprint density at radius 1 is 1.03 bits per heavy atom. The topological polar surface area (TPSA) is 78.9 Å². The fourth-order valence-electron chi connectivity index (χ4n) is 4.91. The predicted molar refractivity (Wildman–Crippen MR) is 121 cm³/mol. The Labute approximate surface area is 191 Å². The molecule has 0 N–H and O–H groups in total.